The number of aryl methyl sites for hydroxylation is 1. The Hall–Kier alpha value is -1.64. The van der Waals surface area contributed by atoms with E-state index < -0.39 is 5.97 Å². The van der Waals surface area contributed by atoms with E-state index in [4.69, 9.17) is 0 Å². The zero-order chi connectivity index (χ0) is 10.8. The number of esters is 2. The monoisotopic (exact) mass is 204 g/mol. The lowest BCUT2D eigenvalue weighted by Crippen LogP contribution is -2.10. The fraction of sp³-hybridized carbons (Fsp3) is 0.333. The van der Waals surface area contributed by atoms with Crippen molar-refractivity contribution in [3.05, 3.63) is 35.4 Å². The summed E-state index contributed by atoms with van der Waals surface area (Å²) < 4.78 is 4.49. The molecule has 1 unspecified atom stereocenters. The molecule has 1 aromatic carbocycles. The zero-order valence-electron chi connectivity index (χ0n) is 8.53. The first kappa shape index (κ1) is 9.90. The Bertz CT molecular complexity index is 392. The second-order valence-corrected chi connectivity index (χ2v) is 3.88. The molecular weight excluding hydrogens is 192 g/mol. The first-order valence-corrected chi connectivity index (χ1v) is 4.95. The molecule has 0 amide bonds. The van der Waals surface area contributed by atoms with Gasteiger partial charge in [-0.1, -0.05) is 29.8 Å². The highest BCUT2D eigenvalue weighted by Gasteiger charge is 2.33. The molecule has 0 saturated carbocycles. The van der Waals surface area contributed by atoms with Gasteiger partial charge in [0.05, 0.1) is 12.3 Å². The maximum absolute atomic E-state index is 11.2. The van der Waals surface area contributed by atoms with Gasteiger partial charge in [0.25, 0.3) is 0 Å². The van der Waals surface area contributed by atoms with Crippen LogP contribution in [0.4, 0.5) is 0 Å². The summed E-state index contributed by atoms with van der Waals surface area (Å²) in [4.78, 5) is 22.1. The molecule has 1 atom stereocenters. The standard InChI is InChI=1S/C12H12O3/c1-8-2-4-9(5-3-8)6-10-7-11(13)15-12(10)14/h2-5,10H,6-7H2,1H3. The van der Waals surface area contributed by atoms with Crippen LogP contribution in [0.3, 0.4) is 0 Å². The van der Waals surface area contributed by atoms with Gasteiger partial charge in [-0.25, -0.2) is 0 Å². The van der Waals surface area contributed by atoms with Crippen LogP contribution >= 0.6 is 0 Å². The van der Waals surface area contributed by atoms with Crippen LogP contribution in [0.15, 0.2) is 24.3 Å². The van der Waals surface area contributed by atoms with Gasteiger partial charge in [0.15, 0.2) is 0 Å². The molecule has 0 aliphatic carbocycles. The fourth-order valence-corrected chi connectivity index (χ4v) is 1.69. The summed E-state index contributed by atoms with van der Waals surface area (Å²) in [6, 6.07) is 7.95. The van der Waals surface area contributed by atoms with Gasteiger partial charge in [-0.05, 0) is 18.9 Å². The minimum Gasteiger partial charge on any atom is -0.393 e. The maximum Gasteiger partial charge on any atom is 0.317 e. The number of carbonyl (C=O) groups excluding carboxylic acids is 2. The zero-order valence-corrected chi connectivity index (χ0v) is 8.53. The van der Waals surface area contributed by atoms with Crippen molar-refractivity contribution in [1.82, 2.24) is 0 Å². The van der Waals surface area contributed by atoms with Gasteiger partial charge in [-0.3, -0.25) is 9.59 Å². The highest BCUT2D eigenvalue weighted by Crippen LogP contribution is 2.20. The summed E-state index contributed by atoms with van der Waals surface area (Å²) in [6.45, 7) is 2.01. The second-order valence-electron chi connectivity index (χ2n) is 3.88. The van der Waals surface area contributed by atoms with Gasteiger partial charge in [0.2, 0.25) is 0 Å². The molecule has 2 rings (SSSR count). The Morgan fingerprint density at radius 2 is 1.93 bits per heavy atom. The van der Waals surface area contributed by atoms with E-state index in [1.165, 1.54) is 5.56 Å². The van der Waals surface area contributed by atoms with E-state index >= 15 is 0 Å². The lowest BCUT2D eigenvalue weighted by atomic mass is 9.97. The van der Waals surface area contributed by atoms with Gasteiger partial charge >= 0.3 is 11.9 Å². The average molecular weight is 204 g/mol. The molecule has 0 radical (unpaired) electrons. The number of hydrogen-bond donors (Lipinski definition) is 0. The van der Waals surface area contributed by atoms with Crippen LogP contribution in [0.5, 0.6) is 0 Å². The molecule has 0 N–H and O–H groups in total. The lowest BCUT2D eigenvalue weighted by Gasteiger charge is -2.04. The molecule has 15 heavy (non-hydrogen) atoms. The van der Waals surface area contributed by atoms with Gasteiger partial charge in [0, 0.05) is 0 Å². The SMILES string of the molecule is Cc1ccc(CC2CC(=O)OC2=O)cc1. The summed E-state index contributed by atoms with van der Waals surface area (Å²) in [5.41, 5.74) is 2.25. The van der Waals surface area contributed by atoms with E-state index in [1.54, 1.807) is 0 Å². The smallest absolute Gasteiger partial charge is 0.317 e. The number of hydrogen-bond acceptors (Lipinski definition) is 3. The van der Waals surface area contributed by atoms with Crippen molar-refractivity contribution >= 4 is 11.9 Å². The molecule has 0 bridgehead atoms. The van der Waals surface area contributed by atoms with Crippen molar-refractivity contribution in [1.29, 1.82) is 0 Å². The van der Waals surface area contributed by atoms with E-state index in [0.717, 1.165) is 5.56 Å². The van der Waals surface area contributed by atoms with E-state index in [0.29, 0.717) is 6.42 Å². The Kier molecular flexibility index (Phi) is 2.54. The van der Waals surface area contributed by atoms with Crippen molar-refractivity contribution in [2.45, 2.75) is 19.8 Å². The van der Waals surface area contributed by atoms with Gasteiger partial charge in [0.1, 0.15) is 0 Å². The van der Waals surface area contributed by atoms with Crippen LogP contribution in [0.1, 0.15) is 17.5 Å². The predicted molar refractivity (Wildman–Crippen MR) is 54.1 cm³/mol. The molecule has 1 fully saturated rings. The molecule has 1 aliphatic heterocycles. The van der Waals surface area contributed by atoms with E-state index in [1.807, 2.05) is 31.2 Å². The lowest BCUT2D eigenvalue weighted by molar-refractivity contribution is -0.153. The van der Waals surface area contributed by atoms with Crippen molar-refractivity contribution < 1.29 is 14.3 Å². The third kappa shape index (κ3) is 2.24. The number of ether oxygens (including phenoxy) is 1. The number of rotatable bonds is 2. The normalized spacial score (nSPS) is 20.5. The fourth-order valence-electron chi connectivity index (χ4n) is 1.69. The Balaban J connectivity index is 2.06. The topological polar surface area (TPSA) is 43.4 Å². The number of benzene rings is 1. The average Bonchev–Trinajstić information content (AvgIpc) is 2.49. The summed E-state index contributed by atoms with van der Waals surface area (Å²) in [5.74, 6) is -1.09. The third-order valence-electron chi connectivity index (χ3n) is 2.56. The summed E-state index contributed by atoms with van der Waals surface area (Å²) >= 11 is 0. The third-order valence-corrected chi connectivity index (χ3v) is 2.56. The second kappa shape index (κ2) is 3.85. The summed E-state index contributed by atoms with van der Waals surface area (Å²) in [6.07, 6.45) is 0.803. The Morgan fingerprint density at radius 1 is 1.27 bits per heavy atom. The van der Waals surface area contributed by atoms with E-state index in [9.17, 15) is 9.59 Å². The largest absolute Gasteiger partial charge is 0.393 e. The Morgan fingerprint density at radius 3 is 2.47 bits per heavy atom. The first-order valence-electron chi connectivity index (χ1n) is 4.95. The van der Waals surface area contributed by atoms with Crippen LogP contribution in [0.2, 0.25) is 0 Å². The van der Waals surface area contributed by atoms with Crippen LogP contribution in [-0.4, -0.2) is 11.9 Å². The first-order chi connectivity index (χ1) is 7.15. The van der Waals surface area contributed by atoms with Crippen molar-refractivity contribution in [3.63, 3.8) is 0 Å². The van der Waals surface area contributed by atoms with Gasteiger partial charge < -0.3 is 4.74 Å². The molecule has 0 spiro atoms. The Labute approximate surface area is 88.1 Å². The van der Waals surface area contributed by atoms with Crippen LogP contribution in [0.25, 0.3) is 0 Å². The van der Waals surface area contributed by atoms with Crippen molar-refractivity contribution in [2.75, 3.05) is 0 Å². The van der Waals surface area contributed by atoms with Gasteiger partial charge in [-0.2, -0.15) is 0 Å². The quantitative estimate of drug-likeness (QED) is 0.543. The highest BCUT2D eigenvalue weighted by molar-refractivity contribution is 5.94. The van der Waals surface area contributed by atoms with Crippen molar-refractivity contribution in [2.24, 2.45) is 5.92 Å². The molecule has 3 nitrogen and oxygen atoms in total. The minimum atomic E-state index is -0.405. The van der Waals surface area contributed by atoms with Crippen LogP contribution in [0, 0.1) is 12.8 Å². The van der Waals surface area contributed by atoms with Crippen molar-refractivity contribution in [3.8, 4) is 0 Å². The van der Waals surface area contributed by atoms with Gasteiger partial charge in [-0.15, -0.1) is 0 Å². The molecule has 78 valence electrons. The molecular formula is C12H12O3. The molecule has 0 aromatic heterocycles. The highest BCUT2D eigenvalue weighted by atomic mass is 16.6. The maximum atomic E-state index is 11.2. The number of carbonyl (C=O) groups is 2. The molecule has 1 aromatic rings. The molecule has 1 saturated heterocycles. The molecule has 1 heterocycles. The summed E-state index contributed by atoms with van der Waals surface area (Å²) in [7, 11) is 0. The van der Waals surface area contributed by atoms with Crippen LogP contribution in [-0.2, 0) is 20.7 Å². The van der Waals surface area contributed by atoms with Crippen LogP contribution < -0.4 is 0 Å². The van der Waals surface area contributed by atoms with E-state index in [2.05, 4.69) is 4.74 Å². The predicted octanol–water partition coefficient (Wildman–Crippen LogP) is 1.63. The molecule has 3 heteroatoms. The van der Waals surface area contributed by atoms with E-state index in [-0.39, 0.29) is 18.3 Å². The number of cyclic esters (lactones) is 2. The minimum absolute atomic E-state index is 0.215. The molecule has 1 aliphatic rings. The summed E-state index contributed by atoms with van der Waals surface area (Å²) in [5, 5.41) is 0.